The fourth-order valence-corrected chi connectivity index (χ4v) is 2.20. The summed E-state index contributed by atoms with van der Waals surface area (Å²) in [6.07, 6.45) is 1.16. The van der Waals surface area contributed by atoms with Crippen LogP contribution in [0, 0.1) is 17.0 Å². The molecule has 0 saturated carbocycles. The second-order valence-corrected chi connectivity index (χ2v) is 5.40. The highest BCUT2D eigenvalue weighted by Gasteiger charge is 2.06. The summed E-state index contributed by atoms with van der Waals surface area (Å²) in [7, 11) is 0. The molecule has 0 aliphatic carbocycles. The highest BCUT2D eigenvalue weighted by molar-refractivity contribution is 5.35. The minimum Gasteiger partial charge on any atom is -0.489 e. The smallest absolute Gasteiger partial charge is 0.287 e. The number of rotatable bonds is 6. The van der Waals surface area contributed by atoms with Crippen LogP contribution in [0.4, 0.5) is 5.69 Å². The first-order chi connectivity index (χ1) is 12.1. The summed E-state index contributed by atoms with van der Waals surface area (Å²) in [6, 6.07) is 18.0. The Morgan fingerprint density at radius 1 is 1.00 bits per heavy atom. The molecule has 3 rings (SSSR count). The molecule has 0 amide bonds. The van der Waals surface area contributed by atoms with E-state index in [1.165, 1.54) is 17.7 Å². The Bertz CT molecular complexity index is 861. The van der Waals surface area contributed by atoms with Crippen molar-refractivity contribution in [2.45, 2.75) is 13.5 Å². The normalized spacial score (nSPS) is 10.3. The highest BCUT2D eigenvalue weighted by Crippen LogP contribution is 2.24. The van der Waals surface area contributed by atoms with Gasteiger partial charge in [-0.15, -0.1) is 0 Å². The van der Waals surface area contributed by atoms with Crippen LogP contribution in [-0.4, -0.2) is 9.91 Å². The van der Waals surface area contributed by atoms with E-state index in [0.717, 1.165) is 17.5 Å². The van der Waals surface area contributed by atoms with Crippen molar-refractivity contribution in [1.29, 1.82) is 0 Å². The van der Waals surface area contributed by atoms with Crippen LogP contribution in [0.15, 0.2) is 66.9 Å². The number of nitrogens with zero attached hydrogens (tertiary/aromatic N) is 2. The molecule has 126 valence electrons. The third-order valence-corrected chi connectivity index (χ3v) is 3.63. The first-order valence-electron chi connectivity index (χ1n) is 7.67. The van der Waals surface area contributed by atoms with E-state index in [4.69, 9.17) is 9.47 Å². The first kappa shape index (κ1) is 16.4. The largest absolute Gasteiger partial charge is 0.489 e. The van der Waals surface area contributed by atoms with E-state index in [0.29, 0.717) is 18.2 Å². The van der Waals surface area contributed by atoms with Crippen molar-refractivity contribution in [3.05, 3.63) is 88.1 Å². The molecule has 25 heavy (non-hydrogen) atoms. The van der Waals surface area contributed by atoms with Crippen molar-refractivity contribution in [2.75, 3.05) is 0 Å². The van der Waals surface area contributed by atoms with Gasteiger partial charge in [0.2, 0.25) is 5.88 Å². The number of benzene rings is 2. The minimum absolute atomic E-state index is 0.0766. The van der Waals surface area contributed by atoms with Crippen molar-refractivity contribution >= 4 is 5.69 Å². The standard InChI is InChI=1S/C19H16N2O4/c1-14-4-2-3-5-15(14)13-24-17-7-9-18(10-8-17)25-19-11-6-16(12-20-19)21(22)23/h2-12H,13H2,1H3. The fraction of sp³-hybridized carbons (Fsp3) is 0.105. The van der Waals surface area contributed by atoms with E-state index in [2.05, 4.69) is 4.98 Å². The van der Waals surface area contributed by atoms with Gasteiger partial charge in [0.05, 0.1) is 4.92 Å². The van der Waals surface area contributed by atoms with Crippen LogP contribution in [0.1, 0.15) is 11.1 Å². The van der Waals surface area contributed by atoms with E-state index < -0.39 is 4.92 Å². The van der Waals surface area contributed by atoms with Crippen LogP contribution in [-0.2, 0) is 6.61 Å². The van der Waals surface area contributed by atoms with Crippen LogP contribution in [0.5, 0.6) is 17.4 Å². The number of nitro groups is 1. The second kappa shape index (κ2) is 7.44. The SMILES string of the molecule is Cc1ccccc1COc1ccc(Oc2ccc([N+](=O)[O-])cn2)cc1. The lowest BCUT2D eigenvalue weighted by Gasteiger charge is -2.09. The monoisotopic (exact) mass is 336 g/mol. The first-order valence-corrected chi connectivity index (χ1v) is 7.67. The maximum atomic E-state index is 10.6. The molecule has 0 bridgehead atoms. The molecule has 6 nitrogen and oxygen atoms in total. The lowest BCUT2D eigenvalue weighted by molar-refractivity contribution is -0.385. The molecule has 0 aliphatic rings. The summed E-state index contributed by atoms with van der Waals surface area (Å²) < 4.78 is 11.3. The third kappa shape index (κ3) is 4.32. The van der Waals surface area contributed by atoms with Crippen LogP contribution in [0.25, 0.3) is 0 Å². The molecular formula is C19H16N2O4. The average molecular weight is 336 g/mol. The molecule has 2 aromatic carbocycles. The summed E-state index contributed by atoms with van der Waals surface area (Å²) in [4.78, 5) is 14.0. The lowest BCUT2D eigenvalue weighted by Crippen LogP contribution is -1.97. The van der Waals surface area contributed by atoms with Gasteiger partial charge >= 0.3 is 0 Å². The Hall–Kier alpha value is -3.41. The zero-order valence-corrected chi connectivity index (χ0v) is 13.6. The number of pyridine rings is 1. The maximum absolute atomic E-state index is 10.6. The number of hydrogen-bond acceptors (Lipinski definition) is 5. The zero-order valence-electron chi connectivity index (χ0n) is 13.6. The lowest BCUT2D eigenvalue weighted by atomic mass is 10.1. The van der Waals surface area contributed by atoms with Gasteiger partial charge in [-0.3, -0.25) is 10.1 Å². The predicted molar refractivity (Wildman–Crippen MR) is 92.9 cm³/mol. The van der Waals surface area contributed by atoms with Gasteiger partial charge in [-0.1, -0.05) is 24.3 Å². The Morgan fingerprint density at radius 3 is 2.36 bits per heavy atom. The third-order valence-electron chi connectivity index (χ3n) is 3.63. The summed E-state index contributed by atoms with van der Waals surface area (Å²) in [5.74, 6) is 1.59. The van der Waals surface area contributed by atoms with Crippen LogP contribution in [0.2, 0.25) is 0 Å². The fourth-order valence-electron chi connectivity index (χ4n) is 2.20. The number of aryl methyl sites for hydroxylation is 1. The van der Waals surface area contributed by atoms with Crippen molar-refractivity contribution in [3.8, 4) is 17.4 Å². The molecule has 6 heteroatoms. The molecule has 1 heterocycles. The van der Waals surface area contributed by atoms with Crippen LogP contribution >= 0.6 is 0 Å². The van der Waals surface area contributed by atoms with E-state index in [-0.39, 0.29) is 5.69 Å². The zero-order chi connectivity index (χ0) is 17.6. The molecule has 0 aliphatic heterocycles. The topological polar surface area (TPSA) is 74.5 Å². The minimum atomic E-state index is -0.503. The summed E-state index contributed by atoms with van der Waals surface area (Å²) in [6.45, 7) is 2.55. The maximum Gasteiger partial charge on any atom is 0.287 e. The van der Waals surface area contributed by atoms with E-state index in [9.17, 15) is 10.1 Å². The van der Waals surface area contributed by atoms with Gasteiger partial charge in [-0.25, -0.2) is 4.98 Å². The molecule has 0 radical (unpaired) electrons. The van der Waals surface area contributed by atoms with E-state index in [1.807, 2.05) is 31.2 Å². The molecule has 1 aromatic heterocycles. The van der Waals surface area contributed by atoms with Gasteiger partial charge in [0.25, 0.3) is 5.69 Å². The molecule has 0 N–H and O–H groups in total. The average Bonchev–Trinajstić information content (AvgIpc) is 2.63. The second-order valence-electron chi connectivity index (χ2n) is 5.40. The van der Waals surface area contributed by atoms with Crippen molar-refractivity contribution < 1.29 is 14.4 Å². The van der Waals surface area contributed by atoms with E-state index in [1.54, 1.807) is 24.3 Å². The molecule has 0 fully saturated rings. The van der Waals surface area contributed by atoms with Crippen LogP contribution in [0.3, 0.4) is 0 Å². The van der Waals surface area contributed by atoms with E-state index >= 15 is 0 Å². The molecular weight excluding hydrogens is 320 g/mol. The number of hydrogen-bond donors (Lipinski definition) is 0. The Balaban J connectivity index is 1.60. The van der Waals surface area contributed by atoms with Crippen molar-refractivity contribution in [3.63, 3.8) is 0 Å². The number of aromatic nitrogens is 1. The van der Waals surface area contributed by atoms with Gasteiger partial charge in [0.1, 0.15) is 24.3 Å². The highest BCUT2D eigenvalue weighted by atomic mass is 16.6. The molecule has 3 aromatic rings. The van der Waals surface area contributed by atoms with Gasteiger partial charge in [0, 0.05) is 12.1 Å². The molecule has 0 unspecified atom stereocenters. The van der Waals surface area contributed by atoms with Gasteiger partial charge < -0.3 is 9.47 Å². The van der Waals surface area contributed by atoms with Gasteiger partial charge in [-0.2, -0.15) is 0 Å². The molecule has 0 atom stereocenters. The predicted octanol–water partition coefficient (Wildman–Crippen LogP) is 4.67. The Kier molecular flexibility index (Phi) is 4.89. The Morgan fingerprint density at radius 2 is 1.72 bits per heavy atom. The number of ether oxygens (including phenoxy) is 2. The quantitative estimate of drug-likeness (QED) is 0.483. The van der Waals surface area contributed by atoms with Crippen molar-refractivity contribution in [2.24, 2.45) is 0 Å². The van der Waals surface area contributed by atoms with Gasteiger partial charge in [-0.05, 0) is 42.3 Å². The molecule has 0 spiro atoms. The summed E-state index contributed by atoms with van der Waals surface area (Å²) >= 11 is 0. The Labute approximate surface area is 144 Å². The van der Waals surface area contributed by atoms with Crippen molar-refractivity contribution in [1.82, 2.24) is 4.98 Å². The van der Waals surface area contributed by atoms with Crippen LogP contribution < -0.4 is 9.47 Å². The van der Waals surface area contributed by atoms with Gasteiger partial charge in [0.15, 0.2) is 0 Å². The summed E-state index contributed by atoms with van der Waals surface area (Å²) in [5.41, 5.74) is 2.25. The molecule has 0 saturated heterocycles. The summed E-state index contributed by atoms with van der Waals surface area (Å²) in [5, 5.41) is 10.6.